The minimum absolute atomic E-state index is 0.0780. The highest BCUT2D eigenvalue weighted by Gasteiger charge is 2.30. The van der Waals surface area contributed by atoms with Gasteiger partial charge in [0, 0.05) is 35.9 Å². The van der Waals surface area contributed by atoms with Gasteiger partial charge >= 0.3 is 0 Å². The van der Waals surface area contributed by atoms with Crippen LogP contribution in [0.5, 0.6) is 5.75 Å². The molecule has 0 radical (unpaired) electrons. The fourth-order valence-electron chi connectivity index (χ4n) is 3.28. The number of ether oxygens (including phenoxy) is 2. The lowest BCUT2D eigenvalue weighted by Crippen LogP contribution is -2.36. The summed E-state index contributed by atoms with van der Waals surface area (Å²) in [5, 5.41) is 0.652. The highest BCUT2D eigenvalue weighted by atomic mass is 79.9. The van der Waals surface area contributed by atoms with E-state index in [1.807, 2.05) is 36.4 Å². The molecule has 1 amide bonds. The molecular formula is C22H22BrN3O3S. The minimum atomic E-state index is -0.0780. The highest BCUT2D eigenvalue weighted by molar-refractivity contribution is 9.10. The molecule has 0 aliphatic carbocycles. The van der Waals surface area contributed by atoms with E-state index in [1.165, 1.54) is 11.8 Å². The molecule has 156 valence electrons. The molecule has 0 unspecified atom stereocenters. The number of nitrogens with zero attached hydrogens (tertiary/aromatic N) is 3. The molecule has 2 fully saturated rings. The zero-order valence-corrected chi connectivity index (χ0v) is 19.2. The number of hydrogen-bond donors (Lipinski definition) is 0. The second-order valence-corrected chi connectivity index (χ2v) is 8.80. The van der Waals surface area contributed by atoms with E-state index in [0.717, 1.165) is 47.7 Å². The van der Waals surface area contributed by atoms with Gasteiger partial charge in [0.15, 0.2) is 5.17 Å². The van der Waals surface area contributed by atoms with Gasteiger partial charge < -0.3 is 14.4 Å². The lowest BCUT2D eigenvalue weighted by molar-refractivity contribution is -0.121. The number of methoxy groups -OCH3 is 1. The third-order valence-corrected chi connectivity index (χ3v) is 6.49. The van der Waals surface area contributed by atoms with Gasteiger partial charge in [0.2, 0.25) is 0 Å². The average molecular weight is 488 g/mol. The van der Waals surface area contributed by atoms with Crippen LogP contribution in [0.15, 0.2) is 56.8 Å². The fraction of sp³-hybridized carbons (Fsp3) is 0.273. The van der Waals surface area contributed by atoms with Gasteiger partial charge in [-0.05, 0) is 60.3 Å². The summed E-state index contributed by atoms with van der Waals surface area (Å²) >= 11 is 4.83. The van der Waals surface area contributed by atoms with Crippen LogP contribution in [0.4, 0.5) is 11.4 Å². The van der Waals surface area contributed by atoms with E-state index >= 15 is 0 Å². The summed E-state index contributed by atoms with van der Waals surface area (Å²) in [5.74, 6) is 0.636. The van der Waals surface area contributed by atoms with E-state index in [2.05, 4.69) is 38.0 Å². The second kappa shape index (κ2) is 9.24. The highest BCUT2D eigenvalue weighted by Crippen LogP contribution is 2.35. The van der Waals surface area contributed by atoms with Crippen molar-refractivity contribution < 1.29 is 14.3 Å². The third-order valence-electron chi connectivity index (χ3n) is 4.93. The number of thioether (sulfide) groups is 1. The second-order valence-electron chi connectivity index (χ2n) is 6.87. The number of morpholine rings is 1. The Hall–Kier alpha value is -2.29. The van der Waals surface area contributed by atoms with Gasteiger partial charge in [-0.1, -0.05) is 15.9 Å². The Morgan fingerprint density at radius 1 is 1.17 bits per heavy atom. The molecule has 6 nitrogen and oxygen atoms in total. The number of anilines is 1. The smallest absolute Gasteiger partial charge is 0.266 e. The van der Waals surface area contributed by atoms with Gasteiger partial charge in [0.05, 0.1) is 30.9 Å². The lowest BCUT2D eigenvalue weighted by Gasteiger charge is -2.28. The number of halogens is 1. The van der Waals surface area contributed by atoms with E-state index < -0.39 is 0 Å². The molecule has 0 bridgehead atoms. The molecule has 2 heterocycles. The van der Waals surface area contributed by atoms with Crippen molar-refractivity contribution in [1.82, 2.24) is 4.90 Å². The van der Waals surface area contributed by atoms with Gasteiger partial charge in [0.25, 0.3) is 5.91 Å². The minimum Gasteiger partial charge on any atom is -0.496 e. The summed E-state index contributed by atoms with van der Waals surface area (Å²) in [6.45, 7) is 3.30. The quantitative estimate of drug-likeness (QED) is 0.593. The van der Waals surface area contributed by atoms with Gasteiger partial charge in [-0.15, -0.1) is 0 Å². The first-order chi connectivity index (χ1) is 14.5. The standard InChI is InChI=1S/C22H22BrN3O3S/c1-25-21(27)20(14-15-13-16(23)3-8-19(15)28-2)30-22(25)24-17-4-6-18(7-5-17)26-9-11-29-12-10-26/h3-8,13-14H,9-12H2,1-2H3/b20-14-,24-22?. The predicted octanol–water partition coefficient (Wildman–Crippen LogP) is 4.53. The van der Waals surface area contributed by atoms with Gasteiger partial charge in [-0.2, -0.15) is 0 Å². The van der Waals surface area contributed by atoms with Crippen molar-refractivity contribution in [2.24, 2.45) is 4.99 Å². The molecule has 8 heteroatoms. The van der Waals surface area contributed by atoms with Crippen molar-refractivity contribution in [2.45, 2.75) is 0 Å². The molecule has 0 spiro atoms. The van der Waals surface area contributed by atoms with Crippen LogP contribution < -0.4 is 9.64 Å². The van der Waals surface area contributed by atoms with Crippen molar-refractivity contribution in [2.75, 3.05) is 45.4 Å². The summed E-state index contributed by atoms with van der Waals surface area (Å²) in [6.07, 6.45) is 1.84. The number of carbonyl (C=O) groups is 1. The molecule has 2 aliphatic rings. The van der Waals surface area contributed by atoms with Gasteiger partial charge in [-0.3, -0.25) is 9.69 Å². The van der Waals surface area contributed by atoms with Crippen molar-refractivity contribution in [3.05, 3.63) is 57.4 Å². The van der Waals surface area contributed by atoms with Gasteiger partial charge in [0.1, 0.15) is 5.75 Å². The van der Waals surface area contributed by atoms with E-state index in [0.29, 0.717) is 15.8 Å². The van der Waals surface area contributed by atoms with E-state index in [-0.39, 0.29) is 5.91 Å². The molecule has 0 saturated carbocycles. The van der Waals surface area contributed by atoms with Crippen LogP contribution in [-0.4, -0.2) is 56.4 Å². The predicted molar refractivity (Wildman–Crippen MR) is 126 cm³/mol. The maximum atomic E-state index is 12.7. The number of likely N-dealkylation sites (N-methyl/N-ethyl adjacent to an activating group) is 1. The number of hydrogen-bond acceptors (Lipinski definition) is 6. The SMILES string of the molecule is COc1ccc(Br)cc1/C=C1\SC(=Nc2ccc(N3CCOCC3)cc2)N(C)C1=O. The van der Waals surface area contributed by atoms with E-state index in [9.17, 15) is 4.79 Å². The third kappa shape index (κ3) is 4.55. The van der Waals surface area contributed by atoms with Crippen LogP contribution in [0.3, 0.4) is 0 Å². The molecule has 4 rings (SSSR count). The monoisotopic (exact) mass is 487 g/mol. The average Bonchev–Trinajstić information content (AvgIpc) is 3.03. The molecule has 2 aliphatic heterocycles. The summed E-state index contributed by atoms with van der Waals surface area (Å²) in [4.78, 5) is 21.9. The first-order valence-corrected chi connectivity index (χ1v) is 11.2. The number of benzene rings is 2. The molecular weight excluding hydrogens is 466 g/mol. The maximum absolute atomic E-state index is 12.7. The largest absolute Gasteiger partial charge is 0.496 e. The number of rotatable bonds is 4. The number of aliphatic imine (C=N–C) groups is 1. The first-order valence-electron chi connectivity index (χ1n) is 9.58. The Balaban J connectivity index is 1.55. The van der Waals surface area contributed by atoms with Crippen LogP contribution in [0.2, 0.25) is 0 Å². The normalized spacial score (nSPS) is 19.8. The summed E-state index contributed by atoms with van der Waals surface area (Å²) in [7, 11) is 3.36. The van der Waals surface area contributed by atoms with E-state index in [1.54, 1.807) is 19.1 Å². The Morgan fingerprint density at radius 3 is 2.60 bits per heavy atom. The Kier molecular flexibility index (Phi) is 6.46. The summed E-state index contributed by atoms with van der Waals surface area (Å²) in [6, 6.07) is 13.8. The molecule has 0 N–H and O–H groups in total. The van der Waals surface area contributed by atoms with Crippen LogP contribution in [0, 0.1) is 0 Å². The zero-order valence-electron chi connectivity index (χ0n) is 16.8. The topological polar surface area (TPSA) is 54.4 Å². The summed E-state index contributed by atoms with van der Waals surface area (Å²) in [5.41, 5.74) is 2.82. The number of carbonyl (C=O) groups excluding carboxylic acids is 1. The van der Waals surface area contributed by atoms with Crippen LogP contribution >= 0.6 is 27.7 Å². The van der Waals surface area contributed by atoms with Crippen LogP contribution in [-0.2, 0) is 9.53 Å². The van der Waals surface area contributed by atoms with E-state index in [4.69, 9.17) is 9.47 Å². The van der Waals surface area contributed by atoms with Crippen molar-refractivity contribution in [1.29, 1.82) is 0 Å². The Bertz CT molecular complexity index is 1000. The molecule has 30 heavy (non-hydrogen) atoms. The molecule has 0 atom stereocenters. The van der Waals surface area contributed by atoms with Crippen molar-refractivity contribution in [3.63, 3.8) is 0 Å². The van der Waals surface area contributed by atoms with Crippen LogP contribution in [0.25, 0.3) is 6.08 Å². The van der Waals surface area contributed by atoms with Gasteiger partial charge in [-0.25, -0.2) is 4.99 Å². The Morgan fingerprint density at radius 2 is 1.90 bits per heavy atom. The van der Waals surface area contributed by atoms with Crippen LogP contribution in [0.1, 0.15) is 5.56 Å². The first kappa shape index (κ1) is 21.0. The Labute approximate surface area is 188 Å². The summed E-state index contributed by atoms with van der Waals surface area (Å²) < 4.78 is 11.7. The molecule has 0 aromatic heterocycles. The maximum Gasteiger partial charge on any atom is 0.266 e. The number of amides is 1. The molecule has 2 aromatic rings. The molecule has 2 saturated heterocycles. The van der Waals surface area contributed by atoms with Crippen molar-refractivity contribution >= 4 is 56.2 Å². The molecule has 2 aromatic carbocycles. The zero-order chi connectivity index (χ0) is 21.1. The van der Waals surface area contributed by atoms with Crippen molar-refractivity contribution in [3.8, 4) is 5.75 Å². The lowest BCUT2D eigenvalue weighted by atomic mass is 10.2. The fourth-order valence-corrected chi connectivity index (χ4v) is 4.64. The number of amidine groups is 1.